The Morgan fingerprint density at radius 1 is 1.21 bits per heavy atom. The van der Waals surface area contributed by atoms with Crippen molar-refractivity contribution in [2.75, 3.05) is 6.61 Å². The van der Waals surface area contributed by atoms with Crippen LogP contribution in [0.2, 0.25) is 18.1 Å². The average molecular weight is 220 g/mol. The number of aliphatic hydroxyl groups is 2. The summed E-state index contributed by atoms with van der Waals surface area (Å²) < 4.78 is 5.75. The SMILES string of the molecule is C[C@@H](O)[C@@H](O)CO[Si](C)(C)C(C)(C)C. The summed E-state index contributed by atoms with van der Waals surface area (Å²) in [7, 11) is -1.78. The van der Waals surface area contributed by atoms with Gasteiger partial charge in [0.1, 0.15) is 6.10 Å². The van der Waals surface area contributed by atoms with Gasteiger partial charge >= 0.3 is 0 Å². The van der Waals surface area contributed by atoms with E-state index in [1.165, 1.54) is 0 Å². The van der Waals surface area contributed by atoms with Gasteiger partial charge in [0.05, 0.1) is 12.7 Å². The molecule has 14 heavy (non-hydrogen) atoms. The van der Waals surface area contributed by atoms with Crippen molar-refractivity contribution < 1.29 is 14.6 Å². The first-order chi connectivity index (χ1) is 6.08. The maximum absolute atomic E-state index is 9.40. The van der Waals surface area contributed by atoms with E-state index in [4.69, 9.17) is 9.53 Å². The highest BCUT2D eigenvalue weighted by atomic mass is 28.4. The highest BCUT2D eigenvalue weighted by Crippen LogP contribution is 2.36. The van der Waals surface area contributed by atoms with E-state index in [0.29, 0.717) is 0 Å². The normalized spacial score (nSPS) is 18.0. The Morgan fingerprint density at radius 2 is 1.64 bits per heavy atom. The van der Waals surface area contributed by atoms with Gasteiger partial charge in [-0.05, 0) is 25.1 Å². The predicted molar refractivity (Wildman–Crippen MR) is 60.8 cm³/mol. The maximum atomic E-state index is 9.40. The summed E-state index contributed by atoms with van der Waals surface area (Å²) in [4.78, 5) is 0. The standard InChI is InChI=1S/C10H24O3Si/c1-8(11)9(12)7-13-14(5,6)10(2,3)4/h8-9,11-12H,7H2,1-6H3/t8-,9+/m1/s1. The first-order valence-corrected chi connectivity index (χ1v) is 7.99. The van der Waals surface area contributed by atoms with Gasteiger partial charge in [-0.15, -0.1) is 0 Å². The lowest BCUT2D eigenvalue weighted by atomic mass is 10.2. The van der Waals surface area contributed by atoms with Crippen LogP contribution in [-0.2, 0) is 4.43 Å². The van der Waals surface area contributed by atoms with Crippen LogP contribution in [0.1, 0.15) is 27.7 Å². The van der Waals surface area contributed by atoms with Gasteiger partial charge in [0.15, 0.2) is 8.32 Å². The molecule has 2 N–H and O–H groups in total. The van der Waals surface area contributed by atoms with Crippen molar-refractivity contribution in [2.45, 2.75) is 58.0 Å². The van der Waals surface area contributed by atoms with Gasteiger partial charge < -0.3 is 14.6 Å². The lowest BCUT2D eigenvalue weighted by Gasteiger charge is -2.37. The zero-order valence-corrected chi connectivity index (χ0v) is 11.2. The summed E-state index contributed by atoms with van der Waals surface area (Å²) in [6, 6.07) is 0. The molecule has 3 nitrogen and oxygen atoms in total. The van der Waals surface area contributed by atoms with Crippen LogP contribution in [0.25, 0.3) is 0 Å². The molecule has 0 bridgehead atoms. The lowest BCUT2D eigenvalue weighted by Crippen LogP contribution is -2.44. The van der Waals surface area contributed by atoms with Gasteiger partial charge in [-0.3, -0.25) is 0 Å². The Balaban J connectivity index is 4.13. The maximum Gasteiger partial charge on any atom is 0.192 e. The molecule has 0 spiro atoms. The summed E-state index contributed by atoms with van der Waals surface area (Å²) in [6.07, 6.45) is -1.50. The molecule has 0 radical (unpaired) electrons. The third kappa shape index (κ3) is 4.08. The van der Waals surface area contributed by atoms with E-state index in [2.05, 4.69) is 33.9 Å². The molecule has 0 saturated carbocycles. The highest BCUT2D eigenvalue weighted by molar-refractivity contribution is 6.74. The second-order valence-electron chi connectivity index (χ2n) is 5.38. The van der Waals surface area contributed by atoms with E-state index < -0.39 is 20.5 Å². The van der Waals surface area contributed by atoms with Crippen LogP contribution in [0.4, 0.5) is 0 Å². The Labute approximate surface area is 88.2 Å². The molecule has 0 aromatic rings. The largest absolute Gasteiger partial charge is 0.414 e. The van der Waals surface area contributed by atoms with E-state index in [1.54, 1.807) is 6.92 Å². The van der Waals surface area contributed by atoms with Crippen molar-refractivity contribution in [2.24, 2.45) is 0 Å². The van der Waals surface area contributed by atoms with E-state index in [1.807, 2.05) is 0 Å². The van der Waals surface area contributed by atoms with Crippen LogP contribution < -0.4 is 0 Å². The molecule has 0 aromatic heterocycles. The van der Waals surface area contributed by atoms with Crippen molar-refractivity contribution in [3.05, 3.63) is 0 Å². The fourth-order valence-electron chi connectivity index (χ4n) is 0.649. The first-order valence-electron chi connectivity index (χ1n) is 5.08. The van der Waals surface area contributed by atoms with E-state index in [0.717, 1.165) is 0 Å². The summed E-state index contributed by atoms with van der Waals surface area (Å²) in [5.41, 5.74) is 0. The van der Waals surface area contributed by atoms with Crippen molar-refractivity contribution in [1.82, 2.24) is 0 Å². The molecule has 0 aliphatic carbocycles. The van der Waals surface area contributed by atoms with E-state index in [9.17, 15) is 5.11 Å². The Hall–Kier alpha value is 0.0969. The van der Waals surface area contributed by atoms with E-state index in [-0.39, 0.29) is 11.6 Å². The molecule has 86 valence electrons. The van der Waals surface area contributed by atoms with Crippen LogP contribution in [0.15, 0.2) is 0 Å². The fourth-order valence-corrected chi connectivity index (χ4v) is 1.67. The van der Waals surface area contributed by atoms with Crippen LogP contribution in [0, 0.1) is 0 Å². The zero-order valence-electron chi connectivity index (χ0n) is 10.2. The van der Waals surface area contributed by atoms with Crippen LogP contribution >= 0.6 is 0 Å². The van der Waals surface area contributed by atoms with Crippen molar-refractivity contribution >= 4 is 8.32 Å². The quantitative estimate of drug-likeness (QED) is 0.710. The average Bonchev–Trinajstić information content (AvgIpc) is 1.97. The third-order valence-electron chi connectivity index (χ3n) is 2.98. The van der Waals surface area contributed by atoms with Gasteiger partial charge in [-0.1, -0.05) is 20.8 Å². The zero-order chi connectivity index (χ0) is 11.6. The molecule has 0 heterocycles. The first kappa shape index (κ1) is 14.1. The molecule has 0 amide bonds. The third-order valence-corrected chi connectivity index (χ3v) is 7.48. The second kappa shape index (κ2) is 4.75. The van der Waals surface area contributed by atoms with Gasteiger partial charge in [0.25, 0.3) is 0 Å². The molecular weight excluding hydrogens is 196 g/mol. The summed E-state index contributed by atoms with van der Waals surface area (Å²) >= 11 is 0. The van der Waals surface area contributed by atoms with Crippen LogP contribution in [-0.4, -0.2) is 37.3 Å². The van der Waals surface area contributed by atoms with Crippen molar-refractivity contribution in [1.29, 1.82) is 0 Å². The minimum absolute atomic E-state index is 0.144. The molecule has 4 heteroatoms. The molecule has 0 unspecified atom stereocenters. The lowest BCUT2D eigenvalue weighted by molar-refractivity contribution is -0.000982. The number of rotatable bonds is 4. The molecule has 0 rings (SSSR count). The minimum Gasteiger partial charge on any atom is -0.414 e. The molecule has 0 saturated heterocycles. The molecule has 0 fully saturated rings. The van der Waals surface area contributed by atoms with Gasteiger partial charge in [0, 0.05) is 0 Å². The van der Waals surface area contributed by atoms with E-state index >= 15 is 0 Å². The molecule has 0 aromatic carbocycles. The monoisotopic (exact) mass is 220 g/mol. The summed E-state index contributed by atoms with van der Waals surface area (Å²) in [5, 5.41) is 18.7. The Morgan fingerprint density at radius 3 is 1.93 bits per heavy atom. The Bertz CT molecular complexity index is 173. The van der Waals surface area contributed by atoms with Crippen LogP contribution in [0.5, 0.6) is 0 Å². The molecule has 2 atom stereocenters. The summed E-state index contributed by atoms with van der Waals surface area (Å²) in [6.45, 7) is 12.5. The fraction of sp³-hybridized carbons (Fsp3) is 1.00. The van der Waals surface area contributed by atoms with Crippen molar-refractivity contribution in [3.63, 3.8) is 0 Å². The smallest absolute Gasteiger partial charge is 0.192 e. The molecule has 0 aliphatic heterocycles. The van der Waals surface area contributed by atoms with Crippen molar-refractivity contribution in [3.8, 4) is 0 Å². The molecule has 0 aliphatic rings. The predicted octanol–water partition coefficient (Wildman–Crippen LogP) is 1.75. The summed E-state index contributed by atoms with van der Waals surface area (Å²) in [5.74, 6) is 0. The topological polar surface area (TPSA) is 49.7 Å². The van der Waals surface area contributed by atoms with Gasteiger partial charge in [0.2, 0.25) is 0 Å². The van der Waals surface area contributed by atoms with Gasteiger partial charge in [-0.25, -0.2) is 0 Å². The number of hydrogen-bond donors (Lipinski definition) is 2. The second-order valence-corrected chi connectivity index (χ2v) is 10.2. The Kier molecular flexibility index (Phi) is 4.78. The number of aliphatic hydroxyl groups excluding tert-OH is 2. The molecular formula is C10H24O3Si. The highest BCUT2D eigenvalue weighted by Gasteiger charge is 2.37. The number of hydrogen-bond acceptors (Lipinski definition) is 3. The van der Waals surface area contributed by atoms with Gasteiger partial charge in [-0.2, -0.15) is 0 Å². The van der Waals surface area contributed by atoms with Crippen LogP contribution in [0.3, 0.4) is 0 Å². The minimum atomic E-state index is -1.78.